The van der Waals surface area contributed by atoms with Gasteiger partial charge < -0.3 is 20.3 Å². The first-order chi connectivity index (χ1) is 30.0. The van der Waals surface area contributed by atoms with Gasteiger partial charge in [-0.25, -0.2) is 0 Å². The molecule has 0 fully saturated rings. The Hall–Kier alpha value is -1.92. The van der Waals surface area contributed by atoms with Gasteiger partial charge in [-0.1, -0.05) is 230 Å². The van der Waals surface area contributed by atoms with Crippen LogP contribution in [0.5, 0.6) is 0 Å². The van der Waals surface area contributed by atoms with Crippen molar-refractivity contribution >= 4 is 11.9 Å². The fourth-order valence-electron chi connectivity index (χ4n) is 8.06. The van der Waals surface area contributed by atoms with Crippen LogP contribution in [-0.2, 0) is 14.3 Å². The fraction of sp³-hybridized carbons (Fsp3) is 0.855. The Labute approximate surface area is 379 Å². The highest BCUT2D eigenvalue weighted by Gasteiger charge is 2.20. The van der Waals surface area contributed by atoms with Gasteiger partial charge in [-0.3, -0.25) is 9.59 Å². The van der Waals surface area contributed by atoms with Gasteiger partial charge in [-0.05, 0) is 70.6 Å². The minimum atomic E-state index is -0.666. The topological polar surface area (TPSA) is 95.9 Å². The summed E-state index contributed by atoms with van der Waals surface area (Å²) in [6.07, 6.45) is 61.4. The van der Waals surface area contributed by atoms with E-state index in [0.29, 0.717) is 25.9 Å². The van der Waals surface area contributed by atoms with Gasteiger partial charge in [-0.15, -0.1) is 0 Å². The van der Waals surface area contributed by atoms with E-state index < -0.39 is 12.1 Å². The lowest BCUT2D eigenvalue weighted by molar-refractivity contribution is -0.143. The first kappa shape index (κ1) is 59.1. The predicted molar refractivity (Wildman–Crippen MR) is 264 cm³/mol. The van der Waals surface area contributed by atoms with Gasteiger partial charge in [-0.2, -0.15) is 0 Å². The maximum Gasteiger partial charge on any atom is 0.305 e. The molecule has 0 aromatic carbocycles. The van der Waals surface area contributed by atoms with Crippen molar-refractivity contribution in [1.82, 2.24) is 5.32 Å². The van der Waals surface area contributed by atoms with Gasteiger partial charge in [0.25, 0.3) is 0 Å². The minimum absolute atomic E-state index is 0.0414. The summed E-state index contributed by atoms with van der Waals surface area (Å²) < 4.78 is 5.39. The Bertz CT molecular complexity index is 993. The molecule has 6 nitrogen and oxygen atoms in total. The number of esters is 1. The number of ether oxygens (including phenoxy) is 1. The maximum atomic E-state index is 12.4. The number of hydrogen-bond donors (Lipinski definition) is 3. The third-order valence-electron chi connectivity index (χ3n) is 12.2. The molecule has 0 rings (SSSR count). The van der Waals surface area contributed by atoms with Crippen LogP contribution in [0.4, 0.5) is 0 Å². The van der Waals surface area contributed by atoms with Crippen molar-refractivity contribution in [1.29, 1.82) is 0 Å². The molecule has 0 aliphatic heterocycles. The van der Waals surface area contributed by atoms with Crippen LogP contribution in [0.1, 0.15) is 277 Å². The molecule has 1 amide bonds. The zero-order chi connectivity index (χ0) is 44.4. The van der Waals surface area contributed by atoms with Crippen molar-refractivity contribution in [2.75, 3.05) is 13.2 Å². The van der Waals surface area contributed by atoms with Crippen LogP contribution in [0.25, 0.3) is 0 Å². The second kappa shape index (κ2) is 50.7. The first-order valence-corrected chi connectivity index (χ1v) is 26.7. The van der Waals surface area contributed by atoms with Crippen LogP contribution in [0, 0.1) is 0 Å². The van der Waals surface area contributed by atoms with Crippen LogP contribution in [0.15, 0.2) is 36.5 Å². The van der Waals surface area contributed by atoms with Crippen molar-refractivity contribution < 1.29 is 24.5 Å². The second-order valence-electron chi connectivity index (χ2n) is 18.2. The molecule has 0 radical (unpaired) electrons. The quantitative estimate of drug-likeness (QED) is 0.0322. The highest BCUT2D eigenvalue weighted by atomic mass is 16.5. The van der Waals surface area contributed by atoms with Crippen LogP contribution in [0.2, 0.25) is 0 Å². The van der Waals surface area contributed by atoms with Crippen molar-refractivity contribution in [2.24, 2.45) is 0 Å². The number of nitrogens with one attached hydrogen (secondary N) is 1. The monoisotopic (exact) mass is 858 g/mol. The predicted octanol–water partition coefficient (Wildman–Crippen LogP) is 16.1. The Morgan fingerprint density at radius 3 is 1.30 bits per heavy atom. The van der Waals surface area contributed by atoms with E-state index in [-0.39, 0.29) is 18.5 Å². The molecule has 0 spiro atoms. The van der Waals surface area contributed by atoms with Crippen molar-refractivity contribution in [3.05, 3.63) is 36.5 Å². The van der Waals surface area contributed by atoms with E-state index in [1.807, 2.05) is 0 Å². The summed E-state index contributed by atoms with van der Waals surface area (Å²) in [7, 11) is 0. The van der Waals surface area contributed by atoms with Crippen molar-refractivity contribution in [2.45, 2.75) is 289 Å². The van der Waals surface area contributed by atoms with Crippen LogP contribution < -0.4 is 5.32 Å². The average molecular weight is 858 g/mol. The molecule has 358 valence electrons. The highest BCUT2D eigenvalue weighted by molar-refractivity contribution is 5.76. The largest absolute Gasteiger partial charge is 0.465 e. The molecule has 0 bridgehead atoms. The number of aliphatic hydroxyl groups is 2. The summed E-state index contributed by atoms with van der Waals surface area (Å²) in [6, 6.07) is -0.544. The number of rotatable bonds is 49. The smallest absolute Gasteiger partial charge is 0.305 e. The van der Waals surface area contributed by atoms with Crippen LogP contribution in [-0.4, -0.2) is 47.4 Å². The Kier molecular flexibility index (Phi) is 49.1. The molecule has 3 N–H and O–H groups in total. The molecule has 0 aliphatic carbocycles. The number of hydrogen-bond acceptors (Lipinski definition) is 5. The van der Waals surface area contributed by atoms with Gasteiger partial charge in [0.1, 0.15) is 0 Å². The van der Waals surface area contributed by atoms with Crippen molar-refractivity contribution in [3.63, 3.8) is 0 Å². The Morgan fingerprint density at radius 2 is 0.820 bits per heavy atom. The summed E-state index contributed by atoms with van der Waals surface area (Å²) in [5.74, 6) is -0.0872. The zero-order valence-corrected chi connectivity index (χ0v) is 40.6. The van der Waals surface area contributed by atoms with Gasteiger partial charge in [0.2, 0.25) is 5.91 Å². The number of allylic oxidation sites excluding steroid dienone is 5. The lowest BCUT2D eigenvalue weighted by Gasteiger charge is -2.22. The van der Waals surface area contributed by atoms with E-state index in [2.05, 4.69) is 55.6 Å². The average Bonchev–Trinajstić information content (AvgIpc) is 3.26. The number of carbonyl (C=O) groups excluding carboxylic acids is 2. The lowest BCUT2D eigenvalue weighted by Crippen LogP contribution is -2.45. The van der Waals surface area contributed by atoms with E-state index in [4.69, 9.17) is 4.74 Å². The standard InChI is InChI=1S/C55H103NO5/c1-3-5-7-9-11-13-15-29-33-37-41-45-49-55(60)61-50-46-42-38-34-30-26-24-22-20-18-16-17-19-21-23-25-28-32-36-40-44-48-54(59)56-52(51-57)53(58)47-43-39-35-31-27-14-12-10-8-6-4-2/h11,13,26,30,38,42,52-53,57-58H,3-10,12,14-25,27-29,31-37,39-41,43-51H2,1-2H3,(H,56,59)/b13-11-,30-26-,42-38-. The first-order valence-electron chi connectivity index (χ1n) is 26.7. The molecule has 0 aromatic rings. The SMILES string of the molecule is CCCCC/C=C\CCCCCCCC(=O)OCC/C=C\C/C=C\CCCCCCCCCCCCCCCCC(=O)NC(CO)C(O)CCCCCCCCCCCCC. The molecule has 61 heavy (non-hydrogen) atoms. The molecule has 0 saturated heterocycles. The summed E-state index contributed by atoms with van der Waals surface area (Å²) >= 11 is 0. The molecule has 6 heteroatoms. The van der Waals surface area contributed by atoms with Crippen LogP contribution >= 0.6 is 0 Å². The third-order valence-corrected chi connectivity index (χ3v) is 12.2. The van der Waals surface area contributed by atoms with Gasteiger partial charge >= 0.3 is 5.97 Å². The minimum Gasteiger partial charge on any atom is -0.465 e. The van der Waals surface area contributed by atoms with Gasteiger partial charge in [0.15, 0.2) is 0 Å². The van der Waals surface area contributed by atoms with E-state index in [0.717, 1.165) is 51.4 Å². The van der Waals surface area contributed by atoms with E-state index in [9.17, 15) is 19.8 Å². The van der Waals surface area contributed by atoms with Crippen LogP contribution in [0.3, 0.4) is 0 Å². The fourth-order valence-corrected chi connectivity index (χ4v) is 8.06. The molecule has 0 aromatic heterocycles. The Morgan fingerprint density at radius 1 is 0.459 bits per heavy atom. The normalized spacial score (nSPS) is 12.9. The number of unbranched alkanes of at least 4 members (excludes halogenated alkanes) is 32. The zero-order valence-electron chi connectivity index (χ0n) is 40.6. The van der Waals surface area contributed by atoms with E-state index in [1.54, 1.807) is 0 Å². The molecular formula is C55H103NO5. The summed E-state index contributed by atoms with van der Waals surface area (Å²) in [5.41, 5.74) is 0. The summed E-state index contributed by atoms with van der Waals surface area (Å²) in [6.45, 7) is 4.80. The Balaban J connectivity index is 3.46. The van der Waals surface area contributed by atoms with Gasteiger partial charge in [0, 0.05) is 12.8 Å². The second-order valence-corrected chi connectivity index (χ2v) is 18.2. The van der Waals surface area contributed by atoms with E-state index >= 15 is 0 Å². The molecule has 2 atom stereocenters. The molecule has 0 saturated carbocycles. The van der Waals surface area contributed by atoms with Crippen molar-refractivity contribution in [3.8, 4) is 0 Å². The number of aliphatic hydroxyl groups excluding tert-OH is 2. The van der Waals surface area contributed by atoms with E-state index in [1.165, 1.54) is 193 Å². The molecular weight excluding hydrogens is 755 g/mol. The lowest BCUT2D eigenvalue weighted by atomic mass is 10.0. The summed E-state index contributed by atoms with van der Waals surface area (Å²) in [5, 5.41) is 23.1. The third kappa shape index (κ3) is 47.4. The maximum absolute atomic E-state index is 12.4. The van der Waals surface area contributed by atoms with Gasteiger partial charge in [0.05, 0.1) is 25.4 Å². The molecule has 0 aliphatic rings. The number of carbonyl (C=O) groups is 2. The number of amides is 1. The highest BCUT2D eigenvalue weighted by Crippen LogP contribution is 2.16. The summed E-state index contributed by atoms with van der Waals surface area (Å²) in [4.78, 5) is 24.4. The molecule has 0 heterocycles. The molecule has 2 unspecified atom stereocenters.